The highest BCUT2D eigenvalue weighted by molar-refractivity contribution is 5.38. The third kappa shape index (κ3) is 5.80. The van der Waals surface area contributed by atoms with Gasteiger partial charge in [0.15, 0.2) is 0 Å². The van der Waals surface area contributed by atoms with Gasteiger partial charge in [-0.2, -0.15) is 0 Å². The number of hydrogen-bond acceptors (Lipinski definition) is 0. The Morgan fingerprint density at radius 1 is 0.789 bits per heavy atom. The molecule has 1 aromatic carbocycles. The minimum atomic E-state index is 1.24. The summed E-state index contributed by atoms with van der Waals surface area (Å²) in [5.74, 6) is 1.70. The molecule has 0 bridgehead atoms. The average molecular weight is 259 g/mol. The van der Waals surface area contributed by atoms with Gasteiger partial charge in [0.1, 0.15) is 0 Å². The number of benzene rings is 1. The van der Waals surface area contributed by atoms with Crippen LogP contribution in [0.3, 0.4) is 0 Å². The summed E-state index contributed by atoms with van der Waals surface area (Å²) in [6.07, 6.45) is 11.7. The Morgan fingerprint density at radius 3 is 1.95 bits per heavy atom. The molecule has 0 saturated carbocycles. The van der Waals surface area contributed by atoms with Gasteiger partial charge in [-0.05, 0) is 36.8 Å². The molecule has 0 atom stereocenters. The van der Waals surface area contributed by atoms with E-state index in [1.165, 1.54) is 57.8 Å². The molecule has 0 amide bonds. The highest BCUT2D eigenvalue weighted by Crippen LogP contribution is 2.30. The first-order valence-corrected chi connectivity index (χ1v) is 8.26. The zero-order valence-corrected chi connectivity index (χ0v) is 13.2. The molecule has 0 aliphatic carbocycles. The van der Waals surface area contributed by atoms with Crippen LogP contribution in [0.1, 0.15) is 83.3 Å². The number of hydrogen-bond donors (Lipinski definition) is 0. The van der Waals surface area contributed by atoms with E-state index in [2.05, 4.69) is 45.0 Å². The third-order valence-corrected chi connectivity index (χ3v) is 3.86. The molecule has 0 spiro atoms. The maximum Gasteiger partial charge on any atom is 0.00526 e. The van der Waals surface area contributed by atoms with Crippen LogP contribution >= 0.6 is 0 Å². The second-order valence-corrected chi connectivity index (χ2v) is 5.57. The minimum absolute atomic E-state index is 1.24. The maximum absolute atomic E-state index is 2.35. The van der Waals surface area contributed by atoms with Crippen LogP contribution < -0.4 is 0 Å². The van der Waals surface area contributed by atoms with E-state index >= 15 is 0 Å². The second kappa shape index (κ2) is 10.1. The van der Waals surface area contributed by atoms with Gasteiger partial charge in [0, 0.05) is 5.92 Å². The van der Waals surface area contributed by atoms with Crippen molar-refractivity contribution < 1.29 is 0 Å². The van der Waals surface area contributed by atoms with Crippen LogP contribution in [0.15, 0.2) is 24.3 Å². The summed E-state index contributed by atoms with van der Waals surface area (Å²) in [7, 11) is 0. The van der Waals surface area contributed by atoms with Crippen molar-refractivity contribution in [2.45, 2.75) is 78.6 Å². The van der Waals surface area contributed by atoms with Crippen molar-refractivity contribution >= 4 is 0 Å². The standard InChI is InChI=1S/C19H31/c1-4-7-12-17(13-8-5-2)19-16-11-10-15-18(19)14-9-6-3/h10-11,15-16H,4-9,12-14H2,1-3H3. The molecular weight excluding hydrogens is 228 g/mol. The van der Waals surface area contributed by atoms with Gasteiger partial charge in [-0.15, -0.1) is 0 Å². The molecule has 0 saturated heterocycles. The van der Waals surface area contributed by atoms with Crippen molar-refractivity contribution in [3.05, 3.63) is 41.3 Å². The summed E-state index contributed by atoms with van der Waals surface area (Å²) in [4.78, 5) is 0. The molecule has 1 aromatic rings. The molecule has 0 fully saturated rings. The quantitative estimate of drug-likeness (QED) is 0.460. The van der Waals surface area contributed by atoms with Crippen molar-refractivity contribution in [3.8, 4) is 0 Å². The van der Waals surface area contributed by atoms with Crippen LogP contribution in [0.4, 0.5) is 0 Å². The van der Waals surface area contributed by atoms with Crippen LogP contribution in [-0.4, -0.2) is 0 Å². The molecule has 0 nitrogen and oxygen atoms in total. The monoisotopic (exact) mass is 259 g/mol. The topological polar surface area (TPSA) is 0 Å². The molecular formula is C19H31. The molecule has 0 heteroatoms. The molecule has 0 heterocycles. The van der Waals surface area contributed by atoms with E-state index in [9.17, 15) is 0 Å². The van der Waals surface area contributed by atoms with Gasteiger partial charge in [0.2, 0.25) is 0 Å². The fraction of sp³-hybridized carbons (Fsp3) is 0.632. The predicted molar refractivity (Wildman–Crippen MR) is 86.4 cm³/mol. The molecule has 0 N–H and O–H groups in total. The van der Waals surface area contributed by atoms with Gasteiger partial charge in [-0.25, -0.2) is 0 Å². The van der Waals surface area contributed by atoms with Crippen molar-refractivity contribution in [2.75, 3.05) is 0 Å². The van der Waals surface area contributed by atoms with Crippen molar-refractivity contribution in [3.63, 3.8) is 0 Å². The molecule has 19 heavy (non-hydrogen) atoms. The lowest BCUT2D eigenvalue weighted by Gasteiger charge is -2.20. The Morgan fingerprint density at radius 2 is 1.37 bits per heavy atom. The molecule has 1 rings (SSSR count). The normalized spacial score (nSPS) is 11.2. The van der Waals surface area contributed by atoms with Crippen LogP contribution in [0, 0.1) is 5.92 Å². The fourth-order valence-electron chi connectivity index (χ4n) is 2.63. The van der Waals surface area contributed by atoms with Gasteiger partial charge >= 0.3 is 0 Å². The van der Waals surface area contributed by atoms with E-state index in [1.807, 2.05) is 0 Å². The van der Waals surface area contributed by atoms with Gasteiger partial charge in [-0.1, -0.05) is 77.1 Å². The number of rotatable bonds is 10. The Hall–Kier alpha value is -0.780. The Labute approximate surface area is 120 Å². The summed E-state index contributed by atoms with van der Waals surface area (Å²) >= 11 is 0. The van der Waals surface area contributed by atoms with Gasteiger partial charge in [0.05, 0.1) is 0 Å². The Kier molecular flexibility index (Phi) is 8.62. The van der Waals surface area contributed by atoms with Crippen LogP contribution in [0.2, 0.25) is 0 Å². The Bertz CT molecular complexity index is 319. The molecule has 0 aromatic heterocycles. The van der Waals surface area contributed by atoms with Crippen molar-refractivity contribution in [2.24, 2.45) is 0 Å². The van der Waals surface area contributed by atoms with Crippen LogP contribution in [-0.2, 0) is 6.42 Å². The first-order valence-electron chi connectivity index (χ1n) is 8.26. The summed E-state index contributed by atoms with van der Waals surface area (Å²) in [6, 6.07) is 9.10. The first-order chi connectivity index (χ1) is 9.33. The highest BCUT2D eigenvalue weighted by atomic mass is 14.2. The molecule has 0 aliphatic heterocycles. The minimum Gasteiger partial charge on any atom is -0.0654 e. The highest BCUT2D eigenvalue weighted by Gasteiger charge is 2.14. The van der Waals surface area contributed by atoms with E-state index in [0.717, 1.165) is 0 Å². The molecule has 1 radical (unpaired) electrons. The van der Waals surface area contributed by atoms with Crippen LogP contribution in [0.25, 0.3) is 0 Å². The molecule has 0 aliphatic rings. The van der Waals surface area contributed by atoms with E-state index in [4.69, 9.17) is 0 Å². The van der Waals surface area contributed by atoms with Crippen LogP contribution in [0.5, 0.6) is 0 Å². The zero-order valence-electron chi connectivity index (χ0n) is 13.2. The van der Waals surface area contributed by atoms with Crippen molar-refractivity contribution in [1.29, 1.82) is 0 Å². The fourth-order valence-corrected chi connectivity index (χ4v) is 2.63. The smallest absolute Gasteiger partial charge is 0.00526 e. The summed E-state index contributed by atoms with van der Waals surface area (Å²) in [5, 5.41) is 0. The Balaban J connectivity index is 2.79. The van der Waals surface area contributed by atoms with Gasteiger partial charge in [0.25, 0.3) is 0 Å². The summed E-state index contributed by atoms with van der Waals surface area (Å²) in [6.45, 7) is 6.86. The van der Waals surface area contributed by atoms with E-state index in [-0.39, 0.29) is 0 Å². The summed E-state index contributed by atoms with van der Waals surface area (Å²) < 4.78 is 0. The van der Waals surface area contributed by atoms with Crippen molar-refractivity contribution in [1.82, 2.24) is 0 Å². The first kappa shape index (κ1) is 16.3. The van der Waals surface area contributed by atoms with E-state index < -0.39 is 0 Å². The average Bonchev–Trinajstić information content (AvgIpc) is 2.46. The number of aryl methyl sites for hydroxylation is 1. The lowest BCUT2D eigenvalue weighted by molar-refractivity contribution is 0.649. The summed E-state index contributed by atoms with van der Waals surface area (Å²) in [5.41, 5.74) is 3.14. The SMILES string of the molecule is CCCC[C](CCCC)c1ccccc1CCCC. The molecule has 0 unspecified atom stereocenters. The van der Waals surface area contributed by atoms with Gasteiger partial charge in [-0.3, -0.25) is 0 Å². The second-order valence-electron chi connectivity index (χ2n) is 5.57. The zero-order chi connectivity index (χ0) is 13.9. The molecule has 107 valence electrons. The third-order valence-electron chi connectivity index (χ3n) is 3.86. The van der Waals surface area contributed by atoms with E-state index in [0.29, 0.717) is 0 Å². The lowest BCUT2D eigenvalue weighted by atomic mass is 9.85. The largest absolute Gasteiger partial charge is 0.0654 e. The van der Waals surface area contributed by atoms with E-state index in [1.54, 1.807) is 17.0 Å². The number of unbranched alkanes of at least 4 members (excludes halogenated alkanes) is 3. The van der Waals surface area contributed by atoms with Gasteiger partial charge < -0.3 is 0 Å². The lowest BCUT2D eigenvalue weighted by Crippen LogP contribution is -2.04. The maximum atomic E-state index is 2.35. The predicted octanol–water partition coefficient (Wildman–Crippen LogP) is 6.33.